The molecule has 0 aliphatic rings. The number of hydrogen-bond donors (Lipinski definition) is 1. The van der Waals surface area contributed by atoms with Crippen molar-refractivity contribution in [3.8, 4) is 0 Å². The van der Waals surface area contributed by atoms with Crippen LogP contribution in [0, 0.1) is 12.7 Å². The van der Waals surface area contributed by atoms with Crippen LogP contribution in [0.25, 0.3) is 11.0 Å². The van der Waals surface area contributed by atoms with Crippen molar-refractivity contribution < 1.29 is 22.0 Å². The van der Waals surface area contributed by atoms with Crippen molar-refractivity contribution >= 4 is 11.0 Å². The molecule has 1 aromatic carbocycles. The van der Waals surface area contributed by atoms with Crippen LogP contribution >= 0.6 is 0 Å². The SMILES string of the molecule is Cc1c(C(N)CCCC(F)(F)F)oc2ccc(F)cc12. The number of nitrogens with two attached hydrogens (primary N) is 1. The van der Waals surface area contributed by atoms with Gasteiger partial charge in [-0.1, -0.05) is 0 Å². The van der Waals surface area contributed by atoms with Crippen molar-refractivity contribution in [2.45, 2.75) is 38.4 Å². The monoisotopic (exact) mass is 289 g/mol. The van der Waals surface area contributed by atoms with Crippen molar-refractivity contribution in [2.75, 3.05) is 0 Å². The van der Waals surface area contributed by atoms with Crippen molar-refractivity contribution in [3.63, 3.8) is 0 Å². The quantitative estimate of drug-likeness (QED) is 0.835. The van der Waals surface area contributed by atoms with Crippen molar-refractivity contribution in [3.05, 3.63) is 35.3 Å². The van der Waals surface area contributed by atoms with Crippen molar-refractivity contribution in [2.24, 2.45) is 5.73 Å². The molecule has 2 nitrogen and oxygen atoms in total. The van der Waals surface area contributed by atoms with E-state index in [0.29, 0.717) is 22.3 Å². The summed E-state index contributed by atoms with van der Waals surface area (Å²) in [6.45, 7) is 1.73. The van der Waals surface area contributed by atoms with E-state index in [1.54, 1.807) is 6.92 Å². The predicted molar refractivity (Wildman–Crippen MR) is 67.7 cm³/mol. The maximum Gasteiger partial charge on any atom is 0.389 e. The lowest BCUT2D eigenvalue weighted by Crippen LogP contribution is -2.13. The van der Waals surface area contributed by atoms with Gasteiger partial charge in [0.1, 0.15) is 17.2 Å². The summed E-state index contributed by atoms with van der Waals surface area (Å²) in [6.07, 6.45) is -4.93. The molecule has 110 valence electrons. The number of hydrogen-bond acceptors (Lipinski definition) is 2. The molecule has 0 saturated carbocycles. The van der Waals surface area contributed by atoms with Gasteiger partial charge in [-0.3, -0.25) is 0 Å². The zero-order valence-electron chi connectivity index (χ0n) is 10.9. The highest BCUT2D eigenvalue weighted by Gasteiger charge is 2.27. The summed E-state index contributed by atoms with van der Waals surface area (Å²) in [5, 5.41) is 0.603. The third-order valence-electron chi connectivity index (χ3n) is 3.25. The Labute approximate surface area is 113 Å². The molecule has 6 heteroatoms. The van der Waals surface area contributed by atoms with Gasteiger partial charge in [-0.25, -0.2) is 4.39 Å². The summed E-state index contributed by atoms with van der Waals surface area (Å²) in [6, 6.07) is 3.47. The molecule has 1 aromatic heterocycles. The fourth-order valence-corrected chi connectivity index (χ4v) is 2.22. The Kier molecular flexibility index (Phi) is 4.04. The average Bonchev–Trinajstić information content (AvgIpc) is 2.65. The molecular formula is C14H15F4NO. The highest BCUT2D eigenvalue weighted by molar-refractivity contribution is 5.82. The van der Waals surface area contributed by atoms with E-state index in [1.807, 2.05) is 0 Å². The van der Waals surface area contributed by atoms with E-state index in [0.717, 1.165) is 0 Å². The van der Waals surface area contributed by atoms with Gasteiger partial charge in [0.25, 0.3) is 0 Å². The van der Waals surface area contributed by atoms with Crippen LogP contribution in [0.1, 0.15) is 36.6 Å². The molecule has 20 heavy (non-hydrogen) atoms. The number of furan rings is 1. The molecule has 0 amide bonds. The van der Waals surface area contributed by atoms with Gasteiger partial charge in [0, 0.05) is 17.4 Å². The Morgan fingerprint density at radius 3 is 2.65 bits per heavy atom. The van der Waals surface area contributed by atoms with Gasteiger partial charge in [0.2, 0.25) is 0 Å². The predicted octanol–water partition coefficient (Wildman–Crippen LogP) is 4.61. The van der Waals surface area contributed by atoms with E-state index >= 15 is 0 Å². The second-order valence-electron chi connectivity index (χ2n) is 4.85. The zero-order chi connectivity index (χ0) is 14.9. The van der Waals surface area contributed by atoms with Crippen LogP contribution in [-0.4, -0.2) is 6.18 Å². The minimum atomic E-state index is -4.17. The minimum Gasteiger partial charge on any atom is -0.459 e. The molecule has 1 atom stereocenters. The molecule has 2 rings (SSSR count). The third kappa shape index (κ3) is 3.30. The van der Waals surface area contributed by atoms with Crippen LogP contribution < -0.4 is 5.73 Å². The zero-order valence-corrected chi connectivity index (χ0v) is 10.9. The van der Waals surface area contributed by atoms with Crippen molar-refractivity contribution in [1.29, 1.82) is 0 Å². The molecule has 0 radical (unpaired) electrons. The smallest absolute Gasteiger partial charge is 0.389 e. The molecule has 0 fully saturated rings. The Morgan fingerprint density at radius 1 is 1.30 bits per heavy atom. The van der Waals surface area contributed by atoms with Gasteiger partial charge in [0.05, 0.1) is 6.04 Å². The minimum absolute atomic E-state index is 0.0600. The number of rotatable bonds is 4. The Balaban J connectivity index is 2.14. The lowest BCUT2D eigenvalue weighted by atomic mass is 10.0. The van der Waals surface area contributed by atoms with Crippen LogP contribution in [-0.2, 0) is 0 Å². The molecule has 0 aliphatic heterocycles. The number of aryl methyl sites for hydroxylation is 1. The lowest BCUT2D eigenvalue weighted by Gasteiger charge is -2.11. The van der Waals surface area contributed by atoms with E-state index < -0.39 is 24.5 Å². The number of benzene rings is 1. The lowest BCUT2D eigenvalue weighted by molar-refractivity contribution is -0.135. The summed E-state index contributed by atoms with van der Waals surface area (Å²) in [5.41, 5.74) is 7.04. The standard InChI is InChI=1S/C14H15F4NO/c1-8-10-7-9(15)4-5-12(10)20-13(8)11(19)3-2-6-14(16,17)18/h4-5,7,11H,2-3,6,19H2,1H3. The Bertz CT molecular complexity index is 603. The molecule has 1 heterocycles. The summed E-state index contributed by atoms with van der Waals surface area (Å²) < 4.78 is 55.0. The highest BCUT2D eigenvalue weighted by atomic mass is 19.4. The Hall–Kier alpha value is -1.56. The number of fused-ring (bicyclic) bond motifs is 1. The van der Waals surface area contributed by atoms with Gasteiger partial charge in [-0.15, -0.1) is 0 Å². The third-order valence-corrected chi connectivity index (χ3v) is 3.25. The van der Waals surface area contributed by atoms with Crippen molar-refractivity contribution in [1.82, 2.24) is 0 Å². The molecule has 0 aliphatic carbocycles. The first kappa shape index (κ1) is 14.8. The van der Waals surface area contributed by atoms with Crippen LogP contribution in [0.4, 0.5) is 17.6 Å². The first-order valence-corrected chi connectivity index (χ1v) is 6.29. The largest absolute Gasteiger partial charge is 0.459 e. The van der Waals surface area contributed by atoms with E-state index in [-0.39, 0.29) is 12.8 Å². The number of alkyl halides is 3. The first-order valence-electron chi connectivity index (χ1n) is 6.29. The van der Waals surface area contributed by atoms with Crippen LogP contribution in [0.3, 0.4) is 0 Å². The van der Waals surface area contributed by atoms with Crippen LogP contribution in [0.15, 0.2) is 22.6 Å². The average molecular weight is 289 g/mol. The molecule has 0 saturated heterocycles. The van der Waals surface area contributed by atoms with E-state index in [1.165, 1.54) is 18.2 Å². The van der Waals surface area contributed by atoms with Gasteiger partial charge in [0.15, 0.2) is 0 Å². The summed E-state index contributed by atoms with van der Waals surface area (Å²) in [5.74, 6) is 0.0337. The van der Waals surface area contributed by atoms with Crippen LogP contribution in [0.5, 0.6) is 0 Å². The Morgan fingerprint density at radius 2 is 2.00 bits per heavy atom. The summed E-state index contributed by atoms with van der Waals surface area (Å²) in [7, 11) is 0. The maximum atomic E-state index is 13.2. The molecule has 0 bridgehead atoms. The van der Waals surface area contributed by atoms with E-state index in [9.17, 15) is 17.6 Å². The topological polar surface area (TPSA) is 39.2 Å². The summed E-state index contributed by atoms with van der Waals surface area (Å²) >= 11 is 0. The highest BCUT2D eigenvalue weighted by Crippen LogP contribution is 2.32. The van der Waals surface area contributed by atoms with Gasteiger partial charge >= 0.3 is 6.18 Å². The fraction of sp³-hybridized carbons (Fsp3) is 0.429. The number of halogens is 4. The fourth-order valence-electron chi connectivity index (χ4n) is 2.22. The van der Waals surface area contributed by atoms with Gasteiger partial charge in [-0.2, -0.15) is 13.2 Å². The van der Waals surface area contributed by atoms with Gasteiger partial charge < -0.3 is 10.2 Å². The van der Waals surface area contributed by atoms with Gasteiger partial charge in [-0.05, 0) is 38.0 Å². The maximum absolute atomic E-state index is 13.2. The van der Waals surface area contributed by atoms with Crippen LogP contribution in [0.2, 0.25) is 0 Å². The van der Waals surface area contributed by atoms with E-state index in [2.05, 4.69) is 0 Å². The first-order chi connectivity index (χ1) is 9.28. The second-order valence-corrected chi connectivity index (χ2v) is 4.85. The molecule has 0 spiro atoms. The molecular weight excluding hydrogens is 274 g/mol. The normalized spacial score (nSPS) is 13.9. The molecule has 2 N–H and O–H groups in total. The molecule has 1 unspecified atom stereocenters. The van der Waals surface area contributed by atoms with E-state index in [4.69, 9.17) is 10.2 Å². The molecule has 2 aromatic rings. The summed E-state index contributed by atoms with van der Waals surface area (Å²) in [4.78, 5) is 0. The second kappa shape index (κ2) is 5.44.